The van der Waals surface area contributed by atoms with Crippen molar-refractivity contribution < 1.29 is 4.79 Å². The predicted octanol–water partition coefficient (Wildman–Crippen LogP) is 5.24. The van der Waals surface area contributed by atoms with Gasteiger partial charge in [-0.3, -0.25) is 4.79 Å². The van der Waals surface area contributed by atoms with E-state index in [1.165, 1.54) is 5.56 Å². The number of rotatable bonds is 5. The van der Waals surface area contributed by atoms with Gasteiger partial charge in [0.2, 0.25) is 0 Å². The molecule has 1 amide bonds. The lowest BCUT2D eigenvalue weighted by atomic mass is 10.0. The summed E-state index contributed by atoms with van der Waals surface area (Å²) in [5, 5.41) is 8.38. The lowest BCUT2D eigenvalue weighted by Gasteiger charge is -2.20. The maximum atomic E-state index is 13.6. The maximum absolute atomic E-state index is 13.6. The van der Waals surface area contributed by atoms with Crippen molar-refractivity contribution in [1.82, 2.24) is 19.7 Å². The quantitative estimate of drug-likeness (QED) is 0.460. The maximum Gasteiger partial charge on any atom is 0.256 e. The van der Waals surface area contributed by atoms with Crippen molar-refractivity contribution in [1.29, 1.82) is 0 Å². The smallest absolute Gasteiger partial charge is 0.256 e. The Hall–Kier alpha value is -3.74. The summed E-state index contributed by atoms with van der Waals surface area (Å²) in [6.45, 7) is 8.09. The van der Waals surface area contributed by atoms with Gasteiger partial charge in [0, 0.05) is 30.9 Å². The molecule has 1 saturated heterocycles. The van der Waals surface area contributed by atoms with Gasteiger partial charge in [-0.1, -0.05) is 29.8 Å². The van der Waals surface area contributed by atoms with Crippen molar-refractivity contribution in [3.63, 3.8) is 0 Å². The fraction of sp³-hybridized carbons (Fsp3) is 0.308. The monoisotopic (exact) mass is 440 g/mol. The lowest BCUT2D eigenvalue weighted by Crippen LogP contribution is -2.22. The minimum Gasteiger partial charge on any atom is -0.355 e. The van der Waals surface area contributed by atoms with Crippen LogP contribution in [0.1, 0.15) is 48.7 Å². The fourth-order valence-corrected chi connectivity index (χ4v) is 4.32. The number of hydrogen-bond donors (Lipinski definition) is 1. The molecule has 0 aliphatic carbocycles. The molecule has 7 nitrogen and oxygen atoms in total. The highest BCUT2D eigenvalue weighted by Crippen LogP contribution is 2.30. The summed E-state index contributed by atoms with van der Waals surface area (Å²) in [6.07, 6.45) is 5.80. The molecule has 0 saturated carbocycles. The Kier molecular flexibility index (Phi) is 5.54. The average Bonchev–Trinajstić information content (AvgIpc) is 3.49. The molecule has 4 heterocycles. The Morgan fingerprint density at radius 2 is 1.85 bits per heavy atom. The van der Waals surface area contributed by atoms with Gasteiger partial charge < -0.3 is 10.2 Å². The second-order valence-electron chi connectivity index (χ2n) is 8.86. The first kappa shape index (κ1) is 21.1. The summed E-state index contributed by atoms with van der Waals surface area (Å²) < 4.78 is 1.86. The number of amides is 1. The first-order valence-corrected chi connectivity index (χ1v) is 11.5. The largest absolute Gasteiger partial charge is 0.355 e. The minimum absolute atomic E-state index is 0.124. The first-order chi connectivity index (χ1) is 16.0. The number of fused-ring (bicyclic) bond motifs is 1. The van der Waals surface area contributed by atoms with Crippen molar-refractivity contribution >= 4 is 28.4 Å². The zero-order valence-corrected chi connectivity index (χ0v) is 19.2. The average molecular weight is 441 g/mol. The standard InChI is InChI=1S/C26H28N6O/c1-17(2)32-24-21(16-28-32)20(15-23(29-24)19-10-8-18(3)9-11-19)26(33)30-22-7-6-12-27-25(22)31-13-4-5-14-31/h6-12,15-17H,4-5,13-14H2,1-3H3,(H,30,33). The molecule has 3 aromatic heterocycles. The van der Waals surface area contributed by atoms with E-state index < -0.39 is 0 Å². The van der Waals surface area contributed by atoms with Gasteiger partial charge in [0.1, 0.15) is 0 Å². The van der Waals surface area contributed by atoms with Gasteiger partial charge in [-0.05, 0) is 51.8 Å². The molecule has 0 atom stereocenters. The molecule has 1 fully saturated rings. The van der Waals surface area contributed by atoms with Crippen LogP contribution in [0, 0.1) is 6.92 Å². The van der Waals surface area contributed by atoms with Crippen LogP contribution in [0.4, 0.5) is 11.5 Å². The lowest BCUT2D eigenvalue weighted by molar-refractivity contribution is 0.102. The van der Waals surface area contributed by atoms with Crippen LogP contribution in [-0.2, 0) is 0 Å². The van der Waals surface area contributed by atoms with Crippen LogP contribution < -0.4 is 10.2 Å². The normalized spacial score (nSPS) is 13.8. The summed E-state index contributed by atoms with van der Waals surface area (Å²) in [7, 11) is 0. The number of aromatic nitrogens is 4. The molecule has 5 rings (SSSR count). The molecule has 1 N–H and O–H groups in total. The number of nitrogens with one attached hydrogen (secondary N) is 1. The number of carbonyl (C=O) groups is 1. The van der Waals surface area contributed by atoms with E-state index in [1.807, 2.05) is 35.0 Å². The second kappa shape index (κ2) is 8.65. The van der Waals surface area contributed by atoms with Gasteiger partial charge in [-0.2, -0.15) is 5.10 Å². The van der Waals surface area contributed by atoms with Crippen molar-refractivity contribution in [2.75, 3.05) is 23.3 Å². The van der Waals surface area contributed by atoms with Gasteiger partial charge in [-0.25, -0.2) is 14.6 Å². The summed E-state index contributed by atoms with van der Waals surface area (Å²) in [5.74, 6) is 0.637. The molecule has 0 spiro atoms. The van der Waals surface area contributed by atoms with Gasteiger partial charge >= 0.3 is 0 Å². The van der Waals surface area contributed by atoms with Gasteiger partial charge in [0.25, 0.3) is 5.91 Å². The fourth-order valence-electron chi connectivity index (χ4n) is 4.32. The van der Waals surface area contributed by atoms with Crippen LogP contribution in [0.3, 0.4) is 0 Å². The summed E-state index contributed by atoms with van der Waals surface area (Å²) in [5.41, 5.74) is 4.88. The third-order valence-electron chi connectivity index (χ3n) is 6.09. The van der Waals surface area contributed by atoms with Crippen LogP contribution in [0.25, 0.3) is 22.3 Å². The Morgan fingerprint density at radius 3 is 2.58 bits per heavy atom. The van der Waals surface area contributed by atoms with E-state index in [0.29, 0.717) is 11.2 Å². The Labute approximate surface area is 193 Å². The van der Waals surface area contributed by atoms with E-state index in [4.69, 9.17) is 4.98 Å². The highest BCUT2D eigenvalue weighted by molar-refractivity contribution is 6.13. The van der Waals surface area contributed by atoms with E-state index in [-0.39, 0.29) is 11.9 Å². The Bertz CT molecular complexity index is 1300. The summed E-state index contributed by atoms with van der Waals surface area (Å²) >= 11 is 0. The molecular weight excluding hydrogens is 412 g/mol. The number of pyridine rings is 2. The Balaban J connectivity index is 1.59. The third kappa shape index (κ3) is 4.06. The zero-order chi connectivity index (χ0) is 22.9. The molecular formula is C26H28N6O. The Morgan fingerprint density at radius 1 is 1.09 bits per heavy atom. The van der Waals surface area contributed by atoms with Crippen molar-refractivity contribution in [2.24, 2.45) is 0 Å². The van der Waals surface area contributed by atoms with E-state index in [9.17, 15) is 4.79 Å². The SMILES string of the molecule is Cc1ccc(-c2cc(C(=O)Nc3cccnc3N3CCCC3)c3cnn(C(C)C)c3n2)cc1. The number of anilines is 2. The molecule has 1 aliphatic rings. The summed E-state index contributed by atoms with van der Waals surface area (Å²) in [6, 6.07) is 13.9. The topological polar surface area (TPSA) is 75.9 Å². The van der Waals surface area contributed by atoms with Crippen LogP contribution >= 0.6 is 0 Å². The number of aryl methyl sites for hydroxylation is 1. The number of nitrogens with zero attached hydrogens (tertiary/aromatic N) is 5. The van der Waals surface area contributed by atoms with Gasteiger partial charge in [0.05, 0.1) is 28.5 Å². The van der Waals surface area contributed by atoms with Gasteiger partial charge in [-0.15, -0.1) is 0 Å². The molecule has 0 unspecified atom stereocenters. The molecule has 168 valence electrons. The van der Waals surface area contributed by atoms with Gasteiger partial charge in [0.15, 0.2) is 11.5 Å². The molecule has 33 heavy (non-hydrogen) atoms. The van der Waals surface area contributed by atoms with Crippen LogP contribution in [-0.4, -0.2) is 38.7 Å². The number of carbonyl (C=O) groups excluding carboxylic acids is 1. The first-order valence-electron chi connectivity index (χ1n) is 11.5. The summed E-state index contributed by atoms with van der Waals surface area (Å²) in [4.78, 5) is 25.3. The minimum atomic E-state index is -0.187. The van der Waals surface area contributed by atoms with Crippen molar-refractivity contribution in [3.8, 4) is 11.3 Å². The van der Waals surface area contributed by atoms with E-state index in [1.54, 1.807) is 12.4 Å². The highest BCUT2D eigenvalue weighted by atomic mass is 16.1. The molecule has 4 aromatic rings. The van der Waals surface area contributed by atoms with Crippen LogP contribution in [0.2, 0.25) is 0 Å². The molecule has 1 aromatic carbocycles. The van der Waals surface area contributed by atoms with Crippen LogP contribution in [0.5, 0.6) is 0 Å². The number of benzene rings is 1. The van der Waals surface area contributed by atoms with Crippen LogP contribution in [0.15, 0.2) is 54.9 Å². The molecule has 7 heteroatoms. The second-order valence-corrected chi connectivity index (χ2v) is 8.86. The molecule has 0 radical (unpaired) electrons. The molecule has 1 aliphatic heterocycles. The zero-order valence-electron chi connectivity index (χ0n) is 19.2. The predicted molar refractivity (Wildman–Crippen MR) is 132 cm³/mol. The third-order valence-corrected chi connectivity index (χ3v) is 6.09. The highest BCUT2D eigenvalue weighted by Gasteiger charge is 2.22. The van der Waals surface area contributed by atoms with Crippen molar-refractivity contribution in [2.45, 2.75) is 39.7 Å². The van der Waals surface area contributed by atoms with Crippen molar-refractivity contribution in [3.05, 3.63) is 66.0 Å². The van der Waals surface area contributed by atoms with E-state index >= 15 is 0 Å². The molecule has 0 bridgehead atoms. The van der Waals surface area contributed by atoms with E-state index in [0.717, 1.165) is 54.1 Å². The van der Waals surface area contributed by atoms with E-state index in [2.05, 4.69) is 53.2 Å². The number of hydrogen-bond acceptors (Lipinski definition) is 5.